The highest BCUT2D eigenvalue weighted by Gasteiger charge is 2.14. The molecule has 4 N–H and O–H groups in total. The van der Waals surface area contributed by atoms with Gasteiger partial charge in [0.15, 0.2) is 11.5 Å². The van der Waals surface area contributed by atoms with Crippen LogP contribution in [0.2, 0.25) is 0 Å². The molecule has 0 aliphatic heterocycles. The normalized spacial score (nSPS) is 10.4. The lowest BCUT2D eigenvalue weighted by Gasteiger charge is -2.10. The van der Waals surface area contributed by atoms with Gasteiger partial charge in [-0.2, -0.15) is 0 Å². The van der Waals surface area contributed by atoms with E-state index in [-0.39, 0.29) is 11.5 Å². The summed E-state index contributed by atoms with van der Waals surface area (Å²) in [6.07, 6.45) is 0. The van der Waals surface area contributed by atoms with E-state index in [0.29, 0.717) is 11.1 Å². The van der Waals surface area contributed by atoms with Gasteiger partial charge in [-0.25, -0.2) is 0 Å². The van der Waals surface area contributed by atoms with Gasteiger partial charge in [-0.3, -0.25) is 0 Å². The summed E-state index contributed by atoms with van der Waals surface area (Å²) >= 11 is 0. The summed E-state index contributed by atoms with van der Waals surface area (Å²) < 4.78 is 0. The van der Waals surface area contributed by atoms with E-state index in [1.165, 1.54) is 24.3 Å². The summed E-state index contributed by atoms with van der Waals surface area (Å²) in [6.45, 7) is 1.82. The highest BCUT2D eigenvalue weighted by molar-refractivity contribution is 5.78. The molecule has 0 aliphatic carbocycles. The van der Waals surface area contributed by atoms with Crippen LogP contribution in [0.25, 0.3) is 11.1 Å². The van der Waals surface area contributed by atoms with E-state index in [1.807, 2.05) is 6.92 Å². The molecule has 0 bridgehead atoms. The van der Waals surface area contributed by atoms with Crippen molar-refractivity contribution in [3.63, 3.8) is 0 Å². The largest absolute Gasteiger partial charge is 0.508 e. The molecule has 2 rings (SSSR count). The highest BCUT2D eigenvalue weighted by Crippen LogP contribution is 2.43. The number of aryl methyl sites for hydroxylation is 1. The van der Waals surface area contributed by atoms with Crippen LogP contribution in [0.4, 0.5) is 0 Å². The fraction of sp³-hybridized carbons (Fsp3) is 0.0769. The second-order valence-corrected chi connectivity index (χ2v) is 3.83. The van der Waals surface area contributed by atoms with Crippen LogP contribution in [0.15, 0.2) is 30.3 Å². The van der Waals surface area contributed by atoms with Gasteiger partial charge in [-0.05, 0) is 42.3 Å². The molecule has 0 saturated carbocycles. The van der Waals surface area contributed by atoms with Gasteiger partial charge in [0, 0.05) is 5.56 Å². The SMILES string of the molecule is Cc1ccc(O)cc1-c1ccc(O)c(O)c1O. The maximum Gasteiger partial charge on any atom is 0.200 e. The van der Waals surface area contributed by atoms with Gasteiger partial charge in [0.1, 0.15) is 5.75 Å². The predicted octanol–water partition coefficient (Wildman–Crippen LogP) is 2.48. The van der Waals surface area contributed by atoms with Crippen LogP contribution < -0.4 is 0 Å². The van der Waals surface area contributed by atoms with Crippen LogP contribution in [0, 0.1) is 6.92 Å². The van der Waals surface area contributed by atoms with E-state index in [9.17, 15) is 20.4 Å². The maximum absolute atomic E-state index is 9.76. The number of phenolic OH excluding ortho intramolecular Hbond substituents is 4. The Balaban J connectivity index is 2.69. The van der Waals surface area contributed by atoms with E-state index >= 15 is 0 Å². The lowest BCUT2D eigenvalue weighted by Crippen LogP contribution is -1.84. The molecule has 0 unspecified atom stereocenters. The molecule has 0 aliphatic rings. The van der Waals surface area contributed by atoms with Crippen LogP contribution in [-0.2, 0) is 0 Å². The summed E-state index contributed by atoms with van der Waals surface area (Å²) in [5.41, 5.74) is 1.79. The average Bonchev–Trinajstić information content (AvgIpc) is 2.30. The third-order valence-corrected chi connectivity index (χ3v) is 2.64. The van der Waals surface area contributed by atoms with E-state index in [4.69, 9.17) is 0 Å². The van der Waals surface area contributed by atoms with Gasteiger partial charge in [-0.15, -0.1) is 0 Å². The minimum atomic E-state index is -0.565. The second kappa shape index (κ2) is 3.90. The first kappa shape index (κ1) is 11.1. The minimum absolute atomic E-state index is 0.0672. The quantitative estimate of drug-likeness (QED) is 0.569. The van der Waals surface area contributed by atoms with Crippen molar-refractivity contribution in [2.45, 2.75) is 6.92 Å². The van der Waals surface area contributed by atoms with Gasteiger partial charge in [0.25, 0.3) is 0 Å². The number of hydrogen-bond acceptors (Lipinski definition) is 4. The topological polar surface area (TPSA) is 80.9 Å². The van der Waals surface area contributed by atoms with Gasteiger partial charge in [-0.1, -0.05) is 6.07 Å². The van der Waals surface area contributed by atoms with Crippen molar-refractivity contribution in [2.24, 2.45) is 0 Å². The van der Waals surface area contributed by atoms with E-state index in [0.717, 1.165) is 5.56 Å². The Morgan fingerprint density at radius 3 is 2.18 bits per heavy atom. The fourth-order valence-electron chi connectivity index (χ4n) is 1.69. The molecule has 17 heavy (non-hydrogen) atoms. The number of rotatable bonds is 1. The molecular formula is C13H12O4. The molecule has 4 nitrogen and oxygen atoms in total. The highest BCUT2D eigenvalue weighted by atomic mass is 16.3. The Morgan fingerprint density at radius 1 is 0.765 bits per heavy atom. The number of phenols is 4. The third kappa shape index (κ3) is 1.85. The summed E-state index contributed by atoms with van der Waals surface area (Å²) in [7, 11) is 0. The molecule has 0 amide bonds. The fourth-order valence-corrected chi connectivity index (χ4v) is 1.69. The first-order valence-corrected chi connectivity index (χ1v) is 5.04. The summed E-state index contributed by atoms with van der Waals surface area (Å²) in [5.74, 6) is -1.29. The first-order valence-electron chi connectivity index (χ1n) is 5.04. The molecule has 0 saturated heterocycles. The van der Waals surface area contributed by atoms with Crippen molar-refractivity contribution in [2.75, 3.05) is 0 Å². The maximum atomic E-state index is 9.76. The van der Waals surface area contributed by atoms with Crippen LogP contribution >= 0.6 is 0 Å². The molecule has 0 heterocycles. The van der Waals surface area contributed by atoms with Crippen LogP contribution in [0.3, 0.4) is 0 Å². The molecule has 2 aromatic rings. The summed E-state index contributed by atoms with van der Waals surface area (Å²) in [4.78, 5) is 0. The monoisotopic (exact) mass is 232 g/mol. The second-order valence-electron chi connectivity index (χ2n) is 3.83. The van der Waals surface area contributed by atoms with Crippen LogP contribution in [0.5, 0.6) is 23.0 Å². The Kier molecular flexibility index (Phi) is 2.55. The van der Waals surface area contributed by atoms with E-state index in [1.54, 1.807) is 6.07 Å². The Morgan fingerprint density at radius 2 is 1.47 bits per heavy atom. The average molecular weight is 232 g/mol. The molecule has 0 fully saturated rings. The molecule has 88 valence electrons. The molecule has 0 aromatic heterocycles. The molecule has 0 spiro atoms. The van der Waals surface area contributed by atoms with Crippen molar-refractivity contribution >= 4 is 0 Å². The van der Waals surface area contributed by atoms with E-state index in [2.05, 4.69) is 0 Å². The van der Waals surface area contributed by atoms with Gasteiger partial charge < -0.3 is 20.4 Å². The standard InChI is InChI=1S/C13H12O4/c1-7-2-3-8(14)6-10(7)9-4-5-11(15)13(17)12(9)16/h2-6,14-17H,1H3. The molecule has 2 aromatic carbocycles. The minimum Gasteiger partial charge on any atom is -0.508 e. The summed E-state index contributed by atoms with van der Waals surface area (Å²) in [5, 5.41) is 37.9. The van der Waals surface area contributed by atoms with Gasteiger partial charge in [0.05, 0.1) is 0 Å². The lowest BCUT2D eigenvalue weighted by molar-refractivity contribution is 0.369. The van der Waals surface area contributed by atoms with Gasteiger partial charge >= 0.3 is 0 Å². The molecule has 0 radical (unpaired) electrons. The number of hydrogen-bond donors (Lipinski definition) is 4. The third-order valence-electron chi connectivity index (χ3n) is 2.64. The van der Waals surface area contributed by atoms with Crippen LogP contribution in [-0.4, -0.2) is 20.4 Å². The zero-order chi connectivity index (χ0) is 12.6. The molecular weight excluding hydrogens is 220 g/mol. The molecule has 4 heteroatoms. The Bertz CT molecular complexity index is 576. The zero-order valence-corrected chi connectivity index (χ0v) is 9.18. The van der Waals surface area contributed by atoms with Crippen molar-refractivity contribution in [3.05, 3.63) is 35.9 Å². The van der Waals surface area contributed by atoms with Crippen molar-refractivity contribution in [3.8, 4) is 34.1 Å². The number of benzene rings is 2. The first-order chi connectivity index (χ1) is 8.00. The van der Waals surface area contributed by atoms with Crippen molar-refractivity contribution < 1.29 is 20.4 Å². The zero-order valence-electron chi connectivity index (χ0n) is 9.18. The van der Waals surface area contributed by atoms with Crippen molar-refractivity contribution in [1.29, 1.82) is 0 Å². The smallest absolute Gasteiger partial charge is 0.200 e. The van der Waals surface area contributed by atoms with Crippen molar-refractivity contribution in [1.82, 2.24) is 0 Å². The Labute approximate surface area is 98.0 Å². The lowest BCUT2D eigenvalue weighted by atomic mass is 9.99. The Hall–Kier alpha value is -2.36. The molecule has 0 atom stereocenters. The van der Waals surface area contributed by atoms with Gasteiger partial charge in [0.2, 0.25) is 5.75 Å². The predicted molar refractivity (Wildman–Crippen MR) is 63.3 cm³/mol. The number of aromatic hydroxyl groups is 4. The summed E-state index contributed by atoms with van der Waals surface area (Å²) in [6, 6.07) is 7.49. The van der Waals surface area contributed by atoms with E-state index < -0.39 is 11.5 Å². The van der Waals surface area contributed by atoms with Crippen LogP contribution in [0.1, 0.15) is 5.56 Å².